The fourth-order valence-corrected chi connectivity index (χ4v) is 1.25. The van der Waals surface area contributed by atoms with E-state index in [-0.39, 0.29) is 12.6 Å². The standard InChI is InChI=1S/C11H16N2O2/c1-8(12)6-9-2-4-10(5-3-9)15-7-11(13)14/h2-5,8H,6-7,12H2,1H3,(H2,13,14). The van der Waals surface area contributed by atoms with Gasteiger partial charge >= 0.3 is 0 Å². The summed E-state index contributed by atoms with van der Waals surface area (Å²) in [6, 6.07) is 7.61. The highest BCUT2D eigenvalue weighted by Gasteiger charge is 2.00. The molecule has 4 heteroatoms. The molecule has 0 heterocycles. The molecule has 4 N–H and O–H groups in total. The molecular weight excluding hydrogens is 192 g/mol. The predicted octanol–water partition coefficient (Wildman–Crippen LogP) is 0.440. The Morgan fingerprint density at radius 2 is 2.00 bits per heavy atom. The Kier molecular flexibility index (Phi) is 4.12. The lowest BCUT2D eigenvalue weighted by molar-refractivity contribution is -0.119. The van der Waals surface area contributed by atoms with Gasteiger partial charge in [-0.05, 0) is 31.0 Å². The molecule has 0 saturated carbocycles. The first kappa shape index (κ1) is 11.5. The van der Waals surface area contributed by atoms with Crippen LogP contribution in [0.25, 0.3) is 0 Å². The first-order chi connectivity index (χ1) is 7.08. The Bertz CT molecular complexity index is 320. The summed E-state index contributed by atoms with van der Waals surface area (Å²) in [6.45, 7) is 1.87. The van der Waals surface area contributed by atoms with Crippen molar-refractivity contribution in [2.45, 2.75) is 19.4 Å². The summed E-state index contributed by atoms with van der Waals surface area (Å²) in [4.78, 5) is 10.5. The second kappa shape index (κ2) is 5.36. The quantitative estimate of drug-likeness (QED) is 0.737. The molecule has 1 amide bonds. The molecule has 1 atom stereocenters. The van der Waals surface area contributed by atoms with Gasteiger partial charge in [0.1, 0.15) is 5.75 Å². The van der Waals surface area contributed by atoms with Crippen LogP contribution in [-0.2, 0) is 11.2 Å². The van der Waals surface area contributed by atoms with E-state index in [1.54, 1.807) is 12.1 Å². The molecule has 0 spiro atoms. The number of benzene rings is 1. The first-order valence-corrected chi connectivity index (χ1v) is 4.83. The van der Waals surface area contributed by atoms with Crippen molar-refractivity contribution in [3.63, 3.8) is 0 Å². The van der Waals surface area contributed by atoms with Crippen molar-refractivity contribution >= 4 is 5.91 Å². The molecule has 0 aliphatic rings. The fourth-order valence-electron chi connectivity index (χ4n) is 1.25. The first-order valence-electron chi connectivity index (χ1n) is 4.83. The maximum absolute atomic E-state index is 10.5. The molecule has 0 aliphatic carbocycles. The molecule has 82 valence electrons. The summed E-state index contributed by atoms with van der Waals surface area (Å²) in [5.41, 5.74) is 11.8. The molecule has 0 aliphatic heterocycles. The Labute approximate surface area is 89.2 Å². The SMILES string of the molecule is CC(N)Cc1ccc(OCC(N)=O)cc1. The molecule has 0 fully saturated rings. The summed E-state index contributed by atoms with van der Waals surface area (Å²) in [5, 5.41) is 0. The number of primary amides is 1. The van der Waals surface area contributed by atoms with Crippen molar-refractivity contribution in [3.8, 4) is 5.75 Å². The summed E-state index contributed by atoms with van der Waals surface area (Å²) in [6.07, 6.45) is 0.829. The number of hydrogen-bond donors (Lipinski definition) is 2. The van der Waals surface area contributed by atoms with Gasteiger partial charge in [-0.3, -0.25) is 4.79 Å². The molecule has 4 nitrogen and oxygen atoms in total. The highest BCUT2D eigenvalue weighted by Crippen LogP contribution is 2.12. The van der Waals surface area contributed by atoms with Crippen LogP contribution in [0.4, 0.5) is 0 Å². The molecule has 0 saturated heterocycles. The topological polar surface area (TPSA) is 78.3 Å². The number of nitrogens with two attached hydrogens (primary N) is 2. The van der Waals surface area contributed by atoms with Crippen LogP contribution in [0.3, 0.4) is 0 Å². The van der Waals surface area contributed by atoms with E-state index < -0.39 is 5.91 Å². The zero-order valence-electron chi connectivity index (χ0n) is 8.77. The minimum Gasteiger partial charge on any atom is -0.484 e. The lowest BCUT2D eigenvalue weighted by Crippen LogP contribution is -2.20. The number of carbonyl (C=O) groups excluding carboxylic acids is 1. The van der Waals surface area contributed by atoms with Crippen LogP contribution < -0.4 is 16.2 Å². The van der Waals surface area contributed by atoms with Gasteiger partial charge in [-0.1, -0.05) is 12.1 Å². The van der Waals surface area contributed by atoms with Crippen LogP contribution in [0.5, 0.6) is 5.75 Å². The van der Waals surface area contributed by atoms with Crippen LogP contribution in [-0.4, -0.2) is 18.6 Å². The molecule has 1 aromatic carbocycles. The summed E-state index contributed by atoms with van der Waals surface area (Å²) in [5.74, 6) is 0.164. The number of carbonyl (C=O) groups is 1. The van der Waals surface area contributed by atoms with Gasteiger partial charge in [0.2, 0.25) is 0 Å². The van der Waals surface area contributed by atoms with E-state index in [0.29, 0.717) is 5.75 Å². The fraction of sp³-hybridized carbons (Fsp3) is 0.364. The lowest BCUT2D eigenvalue weighted by Gasteiger charge is -2.07. The Hall–Kier alpha value is -1.55. The number of ether oxygens (including phenoxy) is 1. The Morgan fingerprint density at radius 1 is 1.40 bits per heavy atom. The lowest BCUT2D eigenvalue weighted by atomic mass is 10.1. The molecule has 0 bridgehead atoms. The van der Waals surface area contributed by atoms with Crippen molar-refractivity contribution in [2.75, 3.05) is 6.61 Å². The van der Waals surface area contributed by atoms with E-state index in [1.165, 1.54) is 0 Å². The van der Waals surface area contributed by atoms with E-state index in [4.69, 9.17) is 16.2 Å². The molecule has 1 aromatic rings. The summed E-state index contributed by atoms with van der Waals surface area (Å²) >= 11 is 0. The summed E-state index contributed by atoms with van der Waals surface area (Å²) < 4.78 is 5.12. The van der Waals surface area contributed by atoms with Crippen molar-refractivity contribution in [1.29, 1.82) is 0 Å². The molecule has 0 aromatic heterocycles. The molecule has 15 heavy (non-hydrogen) atoms. The zero-order valence-corrected chi connectivity index (χ0v) is 8.77. The largest absolute Gasteiger partial charge is 0.484 e. The van der Waals surface area contributed by atoms with Crippen LogP contribution in [0.1, 0.15) is 12.5 Å². The number of rotatable bonds is 5. The number of hydrogen-bond acceptors (Lipinski definition) is 3. The van der Waals surface area contributed by atoms with Gasteiger partial charge in [0.15, 0.2) is 6.61 Å². The third kappa shape index (κ3) is 4.46. The normalized spacial score (nSPS) is 12.1. The third-order valence-corrected chi connectivity index (χ3v) is 1.86. The minimum atomic E-state index is -0.477. The second-order valence-electron chi connectivity index (χ2n) is 3.58. The second-order valence-corrected chi connectivity index (χ2v) is 3.58. The van der Waals surface area contributed by atoms with Gasteiger partial charge < -0.3 is 16.2 Å². The van der Waals surface area contributed by atoms with Gasteiger partial charge in [-0.2, -0.15) is 0 Å². The molecule has 1 unspecified atom stereocenters. The van der Waals surface area contributed by atoms with Gasteiger partial charge in [0, 0.05) is 6.04 Å². The van der Waals surface area contributed by atoms with Crippen molar-refractivity contribution in [3.05, 3.63) is 29.8 Å². The highest BCUT2D eigenvalue weighted by molar-refractivity contribution is 5.75. The minimum absolute atomic E-state index is 0.0906. The zero-order chi connectivity index (χ0) is 11.3. The van der Waals surface area contributed by atoms with Gasteiger partial charge in [-0.15, -0.1) is 0 Å². The van der Waals surface area contributed by atoms with E-state index in [0.717, 1.165) is 12.0 Å². The van der Waals surface area contributed by atoms with Crippen LogP contribution >= 0.6 is 0 Å². The maximum Gasteiger partial charge on any atom is 0.255 e. The van der Waals surface area contributed by atoms with E-state index in [2.05, 4.69) is 0 Å². The van der Waals surface area contributed by atoms with Crippen molar-refractivity contribution < 1.29 is 9.53 Å². The van der Waals surface area contributed by atoms with E-state index in [9.17, 15) is 4.79 Å². The average Bonchev–Trinajstić information content (AvgIpc) is 2.16. The Balaban J connectivity index is 2.52. The average molecular weight is 208 g/mol. The van der Waals surface area contributed by atoms with Crippen molar-refractivity contribution in [1.82, 2.24) is 0 Å². The van der Waals surface area contributed by atoms with Crippen LogP contribution in [0, 0.1) is 0 Å². The smallest absolute Gasteiger partial charge is 0.255 e. The van der Waals surface area contributed by atoms with Gasteiger partial charge in [0.25, 0.3) is 5.91 Å². The maximum atomic E-state index is 10.5. The summed E-state index contributed by atoms with van der Waals surface area (Å²) in [7, 11) is 0. The highest BCUT2D eigenvalue weighted by atomic mass is 16.5. The van der Waals surface area contributed by atoms with Gasteiger partial charge in [0.05, 0.1) is 0 Å². The predicted molar refractivity (Wildman–Crippen MR) is 58.5 cm³/mol. The Morgan fingerprint density at radius 3 is 2.47 bits per heavy atom. The monoisotopic (exact) mass is 208 g/mol. The third-order valence-electron chi connectivity index (χ3n) is 1.86. The van der Waals surface area contributed by atoms with Crippen molar-refractivity contribution in [2.24, 2.45) is 11.5 Å². The van der Waals surface area contributed by atoms with Crippen LogP contribution in [0.15, 0.2) is 24.3 Å². The number of amides is 1. The molecular formula is C11H16N2O2. The molecule has 1 rings (SSSR count). The van der Waals surface area contributed by atoms with Crippen LogP contribution in [0.2, 0.25) is 0 Å². The molecule has 0 radical (unpaired) electrons. The van der Waals surface area contributed by atoms with Gasteiger partial charge in [-0.25, -0.2) is 0 Å². The van der Waals surface area contributed by atoms with E-state index in [1.807, 2.05) is 19.1 Å². The van der Waals surface area contributed by atoms with E-state index >= 15 is 0 Å².